The zero-order valence-corrected chi connectivity index (χ0v) is 18.3. The van der Waals surface area contributed by atoms with Gasteiger partial charge in [-0.3, -0.25) is 19.4 Å². The van der Waals surface area contributed by atoms with Crippen LogP contribution in [-0.4, -0.2) is 76.9 Å². The van der Waals surface area contributed by atoms with Crippen molar-refractivity contribution in [3.8, 4) is 0 Å². The summed E-state index contributed by atoms with van der Waals surface area (Å²) in [5, 5.41) is 14.6. The molecule has 1 aliphatic heterocycles. The third-order valence-electron chi connectivity index (χ3n) is 5.03. The van der Waals surface area contributed by atoms with Crippen LogP contribution in [0.5, 0.6) is 0 Å². The third-order valence-corrected chi connectivity index (χ3v) is 5.03. The Bertz CT molecular complexity index is 691. The van der Waals surface area contributed by atoms with Crippen molar-refractivity contribution in [1.82, 2.24) is 15.5 Å². The van der Waals surface area contributed by atoms with Gasteiger partial charge >= 0.3 is 5.97 Å². The van der Waals surface area contributed by atoms with Crippen LogP contribution >= 0.6 is 0 Å². The Hall–Kier alpha value is -2.89. The van der Waals surface area contributed by atoms with E-state index in [1.54, 1.807) is 20.8 Å². The van der Waals surface area contributed by atoms with Crippen molar-refractivity contribution in [2.75, 3.05) is 13.1 Å². The number of carbonyl (C=O) groups is 4. The number of guanidine groups is 1. The fourth-order valence-electron chi connectivity index (χ4n) is 3.37. The van der Waals surface area contributed by atoms with Gasteiger partial charge in [-0.05, 0) is 38.5 Å². The Morgan fingerprint density at radius 2 is 1.81 bits per heavy atom. The van der Waals surface area contributed by atoms with E-state index in [1.807, 2.05) is 0 Å². The number of carboxylic acid groups (broad SMARTS) is 1. The topological polar surface area (TPSA) is 206 Å². The maximum Gasteiger partial charge on any atom is 0.326 e. The number of aliphatic carboxylic acids is 1. The first-order valence-electron chi connectivity index (χ1n) is 10.4. The summed E-state index contributed by atoms with van der Waals surface area (Å²) >= 11 is 0. The van der Waals surface area contributed by atoms with Gasteiger partial charge in [0.05, 0.1) is 6.04 Å². The number of hydrogen-bond acceptors (Lipinski definition) is 6. The molecule has 1 aliphatic rings. The van der Waals surface area contributed by atoms with Gasteiger partial charge in [-0.2, -0.15) is 0 Å². The number of aliphatic imine (C=N–C) groups is 1. The van der Waals surface area contributed by atoms with Gasteiger partial charge in [0.2, 0.25) is 17.7 Å². The van der Waals surface area contributed by atoms with Gasteiger partial charge in [0.15, 0.2) is 5.96 Å². The lowest BCUT2D eigenvalue weighted by Gasteiger charge is -2.29. The molecule has 12 nitrogen and oxygen atoms in total. The fourth-order valence-corrected chi connectivity index (χ4v) is 3.37. The van der Waals surface area contributed by atoms with Gasteiger partial charge in [0, 0.05) is 13.1 Å². The number of hydrogen-bond donors (Lipinski definition) is 6. The molecule has 1 saturated heterocycles. The Morgan fingerprint density at radius 1 is 1.16 bits per heavy atom. The highest BCUT2D eigenvalue weighted by Crippen LogP contribution is 2.19. The van der Waals surface area contributed by atoms with Crippen LogP contribution < -0.4 is 27.8 Å². The van der Waals surface area contributed by atoms with Gasteiger partial charge in [-0.15, -0.1) is 0 Å². The second-order valence-corrected chi connectivity index (χ2v) is 8.06. The Balaban J connectivity index is 2.79. The molecule has 12 heteroatoms. The molecule has 4 unspecified atom stereocenters. The lowest BCUT2D eigenvalue weighted by Crippen LogP contribution is -2.57. The molecule has 3 amide bonds. The van der Waals surface area contributed by atoms with Gasteiger partial charge in [0.25, 0.3) is 0 Å². The molecule has 31 heavy (non-hydrogen) atoms. The van der Waals surface area contributed by atoms with Crippen LogP contribution in [0, 0.1) is 5.92 Å². The average Bonchev–Trinajstić information content (AvgIpc) is 3.16. The zero-order valence-electron chi connectivity index (χ0n) is 18.3. The van der Waals surface area contributed by atoms with Crippen molar-refractivity contribution in [3.05, 3.63) is 0 Å². The maximum atomic E-state index is 12.8. The van der Waals surface area contributed by atoms with E-state index in [1.165, 1.54) is 4.90 Å². The highest BCUT2D eigenvalue weighted by molar-refractivity contribution is 5.94. The smallest absolute Gasteiger partial charge is 0.326 e. The van der Waals surface area contributed by atoms with E-state index in [4.69, 9.17) is 17.2 Å². The molecule has 1 heterocycles. The minimum absolute atomic E-state index is 0.0954. The van der Waals surface area contributed by atoms with Crippen LogP contribution in [-0.2, 0) is 19.2 Å². The molecule has 0 radical (unpaired) electrons. The molecule has 0 aromatic carbocycles. The van der Waals surface area contributed by atoms with E-state index >= 15 is 0 Å². The molecule has 0 aromatic rings. The summed E-state index contributed by atoms with van der Waals surface area (Å²) in [6.07, 6.45) is 1.60. The van der Waals surface area contributed by atoms with Gasteiger partial charge in [0.1, 0.15) is 18.1 Å². The average molecular weight is 442 g/mol. The largest absolute Gasteiger partial charge is 0.480 e. The molecule has 1 rings (SSSR count). The molecule has 0 bridgehead atoms. The number of nitrogens with zero attached hydrogens (tertiary/aromatic N) is 2. The van der Waals surface area contributed by atoms with Gasteiger partial charge < -0.3 is 37.8 Å². The van der Waals surface area contributed by atoms with Crippen molar-refractivity contribution in [3.63, 3.8) is 0 Å². The summed E-state index contributed by atoms with van der Waals surface area (Å²) in [6, 6.07) is -3.54. The molecule has 176 valence electrons. The number of carbonyl (C=O) groups excluding carboxylic acids is 3. The van der Waals surface area contributed by atoms with Crippen molar-refractivity contribution < 1.29 is 24.3 Å². The summed E-state index contributed by atoms with van der Waals surface area (Å²) in [7, 11) is 0. The Kier molecular flexibility index (Phi) is 10.2. The summed E-state index contributed by atoms with van der Waals surface area (Å²) in [5.41, 5.74) is 16.1. The summed E-state index contributed by atoms with van der Waals surface area (Å²) in [4.78, 5) is 54.6. The van der Waals surface area contributed by atoms with E-state index < -0.39 is 42.0 Å². The summed E-state index contributed by atoms with van der Waals surface area (Å²) in [5.74, 6) is -2.99. The quantitative estimate of drug-likeness (QED) is 0.121. The molecular formula is C19H35N7O5. The van der Waals surface area contributed by atoms with E-state index in [0.29, 0.717) is 25.8 Å². The van der Waals surface area contributed by atoms with Gasteiger partial charge in [-0.25, -0.2) is 4.79 Å². The minimum atomic E-state index is -1.20. The molecule has 0 aliphatic carbocycles. The molecule has 9 N–H and O–H groups in total. The number of rotatable bonds is 11. The standard InChI is InChI=1S/C19H35N7O5/c1-10(2)14(16(28)24-12(18(30)31)6-4-8-23-19(21)22)25-15(27)13-7-5-9-26(13)17(29)11(3)20/h10-14H,4-9,20H2,1-3H3,(H,24,28)(H,25,27)(H,30,31)(H4,21,22,23). The first-order valence-corrected chi connectivity index (χ1v) is 10.4. The van der Waals surface area contributed by atoms with E-state index in [9.17, 15) is 24.3 Å². The van der Waals surface area contributed by atoms with Crippen molar-refractivity contribution >= 4 is 29.7 Å². The van der Waals surface area contributed by atoms with Crippen LogP contribution in [0.4, 0.5) is 0 Å². The van der Waals surface area contributed by atoms with Crippen molar-refractivity contribution in [2.45, 2.75) is 70.6 Å². The summed E-state index contributed by atoms with van der Waals surface area (Å²) < 4.78 is 0. The highest BCUT2D eigenvalue weighted by atomic mass is 16.4. The van der Waals surface area contributed by atoms with E-state index in [2.05, 4.69) is 15.6 Å². The second-order valence-electron chi connectivity index (χ2n) is 8.06. The molecule has 0 spiro atoms. The van der Waals surface area contributed by atoms with E-state index in [0.717, 1.165) is 0 Å². The summed E-state index contributed by atoms with van der Waals surface area (Å²) in [6.45, 7) is 5.68. The lowest BCUT2D eigenvalue weighted by molar-refractivity contribution is -0.143. The predicted octanol–water partition coefficient (Wildman–Crippen LogP) is -1.91. The monoisotopic (exact) mass is 441 g/mol. The van der Waals surface area contributed by atoms with Crippen LogP contribution in [0.15, 0.2) is 4.99 Å². The fraction of sp³-hybridized carbons (Fsp3) is 0.737. The van der Waals surface area contributed by atoms with E-state index in [-0.39, 0.29) is 30.8 Å². The first-order chi connectivity index (χ1) is 14.5. The highest BCUT2D eigenvalue weighted by Gasteiger charge is 2.37. The molecular weight excluding hydrogens is 406 g/mol. The normalized spacial score (nSPS) is 18.7. The second kappa shape index (κ2) is 12.1. The van der Waals surface area contributed by atoms with Crippen LogP contribution in [0.2, 0.25) is 0 Å². The van der Waals surface area contributed by atoms with Crippen LogP contribution in [0.25, 0.3) is 0 Å². The molecule has 1 fully saturated rings. The lowest BCUT2D eigenvalue weighted by atomic mass is 10.0. The minimum Gasteiger partial charge on any atom is -0.480 e. The zero-order chi connectivity index (χ0) is 23.7. The first kappa shape index (κ1) is 26.1. The van der Waals surface area contributed by atoms with Crippen molar-refractivity contribution in [1.29, 1.82) is 0 Å². The third kappa shape index (κ3) is 8.04. The van der Waals surface area contributed by atoms with Crippen LogP contribution in [0.3, 0.4) is 0 Å². The Labute approximate surface area is 182 Å². The number of nitrogens with two attached hydrogens (primary N) is 3. The maximum absolute atomic E-state index is 12.8. The SMILES string of the molecule is CC(N)C(=O)N1CCCC1C(=O)NC(C(=O)NC(CCCN=C(N)N)C(=O)O)C(C)C. The molecule has 4 atom stereocenters. The Morgan fingerprint density at radius 3 is 2.32 bits per heavy atom. The predicted molar refractivity (Wildman–Crippen MR) is 115 cm³/mol. The number of nitrogens with one attached hydrogen (secondary N) is 2. The number of carboxylic acids is 1. The van der Waals surface area contributed by atoms with Crippen LogP contribution in [0.1, 0.15) is 46.5 Å². The molecule has 0 saturated carbocycles. The number of amides is 3. The van der Waals surface area contributed by atoms with Crippen molar-refractivity contribution in [2.24, 2.45) is 28.1 Å². The molecule has 0 aromatic heterocycles. The van der Waals surface area contributed by atoms with Gasteiger partial charge in [-0.1, -0.05) is 13.8 Å². The number of likely N-dealkylation sites (tertiary alicyclic amines) is 1.